The Morgan fingerprint density at radius 1 is 0.311 bits per heavy atom. The fourth-order valence-corrected chi connectivity index (χ4v) is 8.70. The van der Waals surface area contributed by atoms with Crippen molar-refractivity contribution >= 4 is 66.7 Å². The molecule has 0 saturated heterocycles. The van der Waals surface area contributed by atoms with E-state index in [1.54, 1.807) is 0 Å². The Hall–Kier alpha value is -8.28. The summed E-state index contributed by atoms with van der Waals surface area (Å²) in [7, 11) is 0. The van der Waals surface area contributed by atoms with E-state index in [9.17, 15) is 0 Å². The van der Waals surface area contributed by atoms with E-state index in [0.717, 1.165) is 83.9 Å². The van der Waals surface area contributed by atoms with Crippen molar-refractivity contribution < 1.29 is 0 Å². The lowest BCUT2D eigenvalue weighted by Gasteiger charge is -2.26. The van der Waals surface area contributed by atoms with Crippen LogP contribution in [0.4, 0.5) is 34.1 Å². The summed E-state index contributed by atoms with van der Waals surface area (Å²) < 4.78 is 2.41. The average molecular weight is 782 g/mol. The molecule has 11 rings (SSSR count). The third-order valence-electron chi connectivity index (χ3n) is 11.5. The smallest absolute Gasteiger partial charge is 0.0580 e. The summed E-state index contributed by atoms with van der Waals surface area (Å²) in [6, 6.07) is 80.3. The largest absolute Gasteiger partial charge is 0.310 e. The highest BCUT2D eigenvalue weighted by Crippen LogP contribution is 2.43. The highest BCUT2D eigenvalue weighted by atomic mass is 15.1. The number of hydrogen-bond acceptors (Lipinski definition) is 4. The summed E-state index contributed by atoms with van der Waals surface area (Å²) in [4.78, 5) is 4.67. The van der Waals surface area contributed by atoms with Gasteiger partial charge in [-0.25, -0.2) is 0 Å². The molecule has 0 atom stereocenters. The van der Waals surface area contributed by atoms with E-state index in [-0.39, 0.29) is 0 Å². The van der Waals surface area contributed by atoms with Gasteiger partial charge in [0.1, 0.15) is 0 Å². The second-order valence-corrected chi connectivity index (χ2v) is 15.2. The molecule has 0 aliphatic rings. The second-order valence-electron chi connectivity index (χ2n) is 15.2. The van der Waals surface area contributed by atoms with E-state index in [1.165, 1.54) is 10.8 Å². The van der Waals surface area contributed by atoms with Crippen LogP contribution in [0.2, 0.25) is 0 Å². The van der Waals surface area contributed by atoms with Gasteiger partial charge in [0.15, 0.2) is 0 Å². The van der Waals surface area contributed by atoms with E-state index in [4.69, 9.17) is 0 Å². The minimum Gasteiger partial charge on any atom is -0.310 e. The molecule has 288 valence electrons. The van der Waals surface area contributed by atoms with Gasteiger partial charge in [-0.1, -0.05) is 127 Å². The van der Waals surface area contributed by atoms with Crippen molar-refractivity contribution in [3.63, 3.8) is 0 Å². The third-order valence-corrected chi connectivity index (χ3v) is 11.5. The van der Waals surface area contributed by atoms with Crippen LogP contribution in [-0.2, 0) is 0 Å². The summed E-state index contributed by atoms with van der Waals surface area (Å²) in [5.74, 6) is 0. The van der Waals surface area contributed by atoms with E-state index in [1.807, 2.05) is 12.4 Å². The maximum Gasteiger partial charge on any atom is 0.0580 e. The number of rotatable bonds is 9. The fourth-order valence-electron chi connectivity index (χ4n) is 8.70. The zero-order chi connectivity index (χ0) is 40.5. The molecule has 0 unspecified atom stereocenters. The number of hydrogen-bond donors (Lipinski definition) is 0. The number of anilines is 6. The number of para-hydroxylation sites is 4. The Balaban J connectivity index is 1.08. The van der Waals surface area contributed by atoms with Gasteiger partial charge in [0, 0.05) is 61.4 Å². The Morgan fingerprint density at radius 3 is 1.31 bits per heavy atom. The zero-order valence-corrected chi connectivity index (χ0v) is 33.3. The van der Waals surface area contributed by atoms with Crippen LogP contribution in [0.1, 0.15) is 0 Å². The lowest BCUT2D eigenvalue weighted by atomic mass is 9.97. The molecule has 0 bridgehead atoms. The molecule has 2 aromatic heterocycles. The van der Waals surface area contributed by atoms with Gasteiger partial charge in [0.2, 0.25) is 0 Å². The van der Waals surface area contributed by atoms with Crippen molar-refractivity contribution in [1.29, 1.82) is 0 Å². The molecule has 5 heteroatoms. The van der Waals surface area contributed by atoms with Gasteiger partial charge in [0.25, 0.3) is 0 Å². The molecule has 0 N–H and O–H groups in total. The van der Waals surface area contributed by atoms with Gasteiger partial charge in [-0.2, -0.15) is 10.2 Å². The number of aromatic nitrogens is 3. The number of benzene rings is 9. The predicted octanol–water partition coefficient (Wildman–Crippen LogP) is 15.0. The average Bonchev–Trinajstić information content (AvgIpc) is 3.66. The van der Waals surface area contributed by atoms with Gasteiger partial charge < -0.3 is 14.4 Å². The monoisotopic (exact) mass is 781 g/mol. The van der Waals surface area contributed by atoms with Crippen molar-refractivity contribution in [3.05, 3.63) is 237 Å². The van der Waals surface area contributed by atoms with Gasteiger partial charge in [-0.05, 0) is 119 Å². The Bertz CT molecular complexity index is 3070. The first-order valence-corrected chi connectivity index (χ1v) is 20.6. The van der Waals surface area contributed by atoms with Crippen molar-refractivity contribution in [2.75, 3.05) is 9.80 Å². The molecule has 0 fully saturated rings. The van der Waals surface area contributed by atoms with E-state index in [0.29, 0.717) is 0 Å². The standard InChI is InChI=1S/C56H39N5/c1-5-17-44(18-6-1)59(45-19-7-2-8-20-45)49-31-33-55-52(36-49)53-37-50(60(46-21-9-3-10-22-46)47-23-11-4-12-24-47)32-34-56(53)61(55)48-25-13-15-42(35-48)40-27-29-41(30-28-40)51-26-14-16-43-38-57-58-39-54(43)51/h1-39H. The van der Waals surface area contributed by atoms with E-state index >= 15 is 0 Å². The first-order chi connectivity index (χ1) is 30.3. The minimum absolute atomic E-state index is 1.08. The summed E-state index contributed by atoms with van der Waals surface area (Å²) >= 11 is 0. The van der Waals surface area contributed by atoms with Crippen LogP contribution in [0.15, 0.2) is 237 Å². The van der Waals surface area contributed by atoms with Gasteiger partial charge in [-0.15, -0.1) is 0 Å². The maximum absolute atomic E-state index is 4.17. The maximum atomic E-state index is 4.17. The third kappa shape index (κ3) is 6.64. The van der Waals surface area contributed by atoms with Crippen molar-refractivity contribution in [3.8, 4) is 27.9 Å². The summed E-state index contributed by atoms with van der Waals surface area (Å²) in [6.07, 6.45) is 3.67. The van der Waals surface area contributed by atoms with Gasteiger partial charge >= 0.3 is 0 Å². The molecule has 0 spiro atoms. The number of nitrogens with zero attached hydrogens (tertiary/aromatic N) is 5. The highest BCUT2D eigenvalue weighted by molar-refractivity contribution is 6.12. The quantitative estimate of drug-likeness (QED) is 0.146. The van der Waals surface area contributed by atoms with Crippen LogP contribution in [-0.4, -0.2) is 14.8 Å². The van der Waals surface area contributed by atoms with Crippen LogP contribution in [0.25, 0.3) is 60.5 Å². The summed E-state index contributed by atoms with van der Waals surface area (Å²) in [5.41, 5.74) is 14.5. The van der Waals surface area contributed by atoms with E-state index in [2.05, 4.69) is 249 Å². The minimum atomic E-state index is 1.08. The molecule has 0 amide bonds. The molecular formula is C56H39N5. The highest BCUT2D eigenvalue weighted by Gasteiger charge is 2.20. The first kappa shape index (κ1) is 35.8. The molecule has 0 aliphatic heterocycles. The van der Waals surface area contributed by atoms with Crippen LogP contribution in [0.3, 0.4) is 0 Å². The van der Waals surface area contributed by atoms with Gasteiger partial charge in [-0.3, -0.25) is 0 Å². The Labute approximate surface area is 354 Å². The SMILES string of the molecule is c1ccc(N(c2ccccc2)c2ccc3c(c2)c2cc(N(c4ccccc4)c4ccccc4)ccc2n3-c2cccc(-c3ccc(-c4cccc5cnncc45)cc3)c2)cc1. The van der Waals surface area contributed by atoms with Crippen molar-refractivity contribution in [2.45, 2.75) is 0 Å². The molecule has 0 radical (unpaired) electrons. The number of fused-ring (bicyclic) bond motifs is 4. The normalized spacial score (nSPS) is 11.3. The molecule has 0 saturated carbocycles. The molecule has 0 aliphatic carbocycles. The lowest BCUT2D eigenvalue weighted by Crippen LogP contribution is -2.09. The molecule has 2 heterocycles. The Kier molecular flexibility index (Phi) is 9.10. The fraction of sp³-hybridized carbons (Fsp3) is 0. The molecule has 5 nitrogen and oxygen atoms in total. The topological polar surface area (TPSA) is 37.2 Å². The van der Waals surface area contributed by atoms with Crippen molar-refractivity contribution in [1.82, 2.24) is 14.8 Å². The lowest BCUT2D eigenvalue weighted by molar-refractivity contribution is 1.05. The zero-order valence-electron chi connectivity index (χ0n) is 33.3. The summed E-state index contributed by atoms with van der Waals surface area (Å²) in [6.45, 7) is 0. The van der Waals surface area contributed by atoms with E-state index < -0.39 is 0 Å². The van der Waals surface area contributed by atoms with Gasteiger partial charge in [0.05, 0.1) is 23.4 Å². The van der Waals surface area contributed by atoms with Crippen molar-refractivity contribution in [2.24, 2.45) is 0 Å². The second kappa shape index (κ2) is 15.5. The molecular weight excluding hydrogens is 743 g/mol. The van der Waals surface area contributed by atoms with Crippen LogP contribution < -0.4 is 9.80 Å². The molecule has 9 aromatic carbocycles. The molecule has 11 aromatic rings. The Morgan fingerprint density at radius 2 is 0.787 bits per heavy atom. The summed E-state index contributed by atoms with van der Waals surface area (Å²) in [5, 5.41) is 12.8. The molecule has 61 heavy (non-hydrogen) atoms. The van der Waals surface area contributed by atoms with Crippen LogP contribution >= 0.6 is 0 Å². The van der Waals surface area contributed by atoms with Crippen LogP contribution in [0, 0.1) is 0 Å². The van der Waals surface area contributed by atoms with Crippen LogP contribution in [0.5, 0.6) is 0 Å². The first-order valence-electron chi connectivity index (χ1n) is 20.6. The predicted molar refractivity (Wildman–Crippen MR) is 254 cm³/mol.